The molecule has 6 heterocycles. The summed E-state index contributed by atoms with van der Waals surface area (Å²) < 4.78 is 0. The molecule has 0 radical (unpaired) electrons. The summed E-state index contributed by atoms with van der Waals surface area (Å²) in [6, 6.07) is 0. The molecule has 0 spiro atoms. The van der Waals surface area contributed by atoms with Crippen LogP contribution >= 0.6 is 0 Å². The van der Waals surface area contributed by atoms with Crippen LogP contribution in [0.4, 0.5) is 11.4 Å². The Bertz CT molecular complexity index is 1030. The first-order valence-corrected chi connectivity index (χ1v) is 10.2. The predicted molar refractivity (Wildman–Crippen MR) is 106 cm³/mol. The van der Waals surface area contributed by atoms with Gasteiger partial charge in [0, 0.05) is 49.3 Å². The second-order valence-corrected chi connectivity index (χ2v) is 8.35. The van der Waals surface area contributed by atoms with Crippen molar-refractivity contribution >= 4 is 33.2 Å². The standard InChI is InChI=1S/C22H22N4/c1-3-13-11-23-19-17-15(5-9-25(7-1)21(13)17)16-6-10-26-8-2-4-14-12-24-20(19)18(16)22(14)26/h11-12H,1-10H2. The summed E-state index contributed by atoms with van der Waals surface area (Å²) in [5.74, 6) is 0. The molecule has 0 atom stereocenters. The minimum Gasteiger partial charge on any atom is -0.370 e. The zero-order valence-electron chi connectivity index (χ0n) is 15.0. The topological polar surface area (TPSA) is 32.3 Å². The van der Waals surface area contributed by atoms with Crippen LogP contribution in [0.5, 0.6) is 0 Å². The molecule has 1 aromatic carbocycles. The molecule has 2 aromatic heterocycles. The lowest BCUT2D eigenvalue weighted by atomic mass is 9.83. The lowest BCUT2D eigenvalue weighted by Crippen LogP contribution is -2.37. The van der Waals surface area contributed by atoms with Crippen LogP contribution in [0.3, 0.4) is 0 Å². The third kappa shape index (κ3) is 1.53. The van der Waals surface area contributed by atoms with Gasteiger partial charge in [-0.3, -0.25) is 9.97 Å². The number of nitrogens with zero attached hydrogens (tertiary/aromatic N) is 4. The van der Waals surface area contributed by atoms with Gasteiger partial charge in [-0.2, -0.15) is 0 Å². The van der Waals surface area contributed by atoms with Crippen molar-refractivity contribution in [3.63, 3.8) is 0 Å². The van der Waals surface area contributed by atoms with Crippen molar-refractivity contribution in [2.24, 2.45) is 0 Å². The summed E-state index contributed by atoms with van der Waals surface area (Å²) >= 11 is 0. The van der Waals surface area contributed by atoms with Crippen molar-refractivity contribution < 1.29 is 0 Å². The fraction of sp³-hybridized carbons (Fsp3) is 0.455. The van der Waals surface area contributed by atoms with E-state index < -0.39 is 0 Å². The Morgan fingerprint density at radius 3 is 1.62 bits per heavy atom. The van der Waals surface area contributed by atoms with Gasteiger partial charge in [-0.15, -0.1) is 0 Å². The fourth-order valence-electron chi connectivity index (χ4n) is 6.04. The molecule has 0 N–H and O–H groups in total. The van der Waals surface area contributed by atoms with Gasteiger partial charge in [-0.1, -0.05) is 0 Å². The monoisotopic (exact) mass is 342 g/mol. The van der Waals surface area contributed by atoms with Crippen LogP contribution < -0.4 is 9.80 Å². The highest BCUT2D eigenvalue weighted by molar-refractivity contribution is 6.16. The molecule has 0 amide bonds. The number of aryl methyl sites for hydroxylation is 2. The van der Waals surface area contributed by atoms with E-state index in [-0.39, 0.29) is 0 Å². The average molecular weight is 342 g/mol. The summed E-state index contributed by atoms with van der Waals surface area (Å²) in [6.45, 7) is 4.74. The predicted octanol–water partition coefficient (Wildman–Crippen LogP) is 3.40. The van der Waals surface area contributed by atoms with Crippen LogP contribution in [0.25, 0.3) is 21.8 Å². The Hall–Kier alpha value is -2.36. The van der Waals surface area contributed by atoms with Crippen LogP contribution in [-0.2, 0) is 25.7 Å². The first-order valence-electron chi connectivity index (χ1n) is 10.2. The number of pyridine rings is 2. The van der Waals surface area contributed by atoms with Crippen LogP contribution in [0.2, 0.25) is 0 Å². The quantitative estimate of drug-likeness (QED) is 0.586. The second kappa shape index (κ2) is 4.67. The van der Waals surface area contributed by atoms with Crippen molar-refractivity contribution in [3.05, 3.63) is 34.6 Å². The molecule has 0 aliphatic carbocycles. The molecule has 0 fully saturated rings. The van der Waals surface area contributed by atoms with E-state index in [1.165, 1.54) is 98.0 Å². The van der Waals surface area contributed by atoms with E-state index in [0.717, 1.165) is 11.0 Å². The van der Waals surface area contributed by atoms with E-state index in [0.29, 0.717) is 0 Å². The number of hydrogen-bond donors (Lipinski definition) is 0. The third-order valence-corrected chi connectivity index (χ3v) is 7.09. The van der Waals surface area contributed by atoms with E-state index in [1.54, 1.807) is 11.1 Å². The molecule has 4 aliphatic rings. The fourth-order valence-corrected chi connectivity index (χ4v) is 6.04. The van der Waals surface area contributed by atoms with Gasteiger partial charge in [0.2, 0.25) is 0 Å². The number of rotatable bonds is 0. The highest BCUT2D eigenvalue weighted by atomic mass is 15.2. The van der Waals surface area contributed by atoms with Gasteiger partial charge in [0.25, 0.3) is 0 Å². The van der Waals surface area contributed by atoms with Crippen molar-refractivity contribution in [1.82, 2.24) is 9.97 Å². The number of aromatic nitrogens is 2. The molecule has 4 nitrogen and oxygen atoms in total. The van der Waals surface area contributed by atoms with E-state index in [4.69, 9.17) is 9.97 Å². The van der Waals surface area contributed by atoms with E-state index >= 15 is 0 Å². The summed E-state index contributed by atoms with van der Waals surface area (Å²) in [4.78, 5) is 15.2. The van der Waals surface area contributed by atoms with Crippen LogP contribution in [0, 0.1) is 0 Å². The Balaban J connectivity index is 1.71. The number of anilines is 2. The van der Waals surface area contributed by atoms with Gasteiger partial charge in [-0.25, -0.2) is 0 Å². The molecule has 4 aliphatic heterocycles. The molecule has 26 heavy (non-hydrogen) atoms. The molecular formula is C22H22N4. The maximum Gasteiger partial charge on any atom is 0.0989 e. The zero-order chi connectivity index (χ0) is 16.8. The molecule has 3 aromatic rings. The van der Waals surface area contributed by atoms with Gasteiger partial charge < -0.3 is 9.80 Å². The molecule has 0 bridgehead atoms. The summed E-state index contributed by atoms with van der Waals surface area (Å²) in [5.41, 5.74) is 11.4. The summed E-state index contributed by atoms with van der Waals surface area (Å²) in [7, 11) is 0. The summed E-state index contributed by atoms with van der Waals surface area (Å²) in [5, 5.41) is 2.88. The van der Waals surface area contributed by atoms with Crippen molar-refractivity contribution in [3.8, 4) is 0 Å². The van der Waals surface area contributed by atoms with Gasteiger partial charge in [0.05, 0.1) is 22.4 Å². The van der Waals surface area contributed by atoms with E-state index in [9.17, 15) is 0 Å². The lowest BCUT2D eigenvalue weighted by molar-refractivity contribution is 0.667. The first-order chi connectivity index (χ1) is 12.9. The minimum atomic E-state index is 1.15. The normalized spacial score (nSPS) is 20.2. The first kappa shape index (κ1) is 13.8. The highest BCUT2D eigenvalue weighted by Gasteiger charge is 2.33. The number of hydrogen-bond acceptors (Lipinski definition) is 4. The SMILES string of the molecule is c1nc2c3c(c4c5c6c(cnc52)CCCN6CC4)CCN2CCCc1c32. The number of fused-ring (bicyclic) bond motifs is 2. The van der Waals surface area contributed by atoms with Gasteiger partial charge >= 0.3 is 0 Å². The third-order valence-electron chi connectivity index (χ3n) is 7.09. The maximum atomic E-state index is 4.98. The zero-order valence-corrected chi connectivity index (χ0v) is 15.0. The van der Waals surface area contributed by atoms with Crippen LogP contribution in [0.1, 0.15) is 35.1 Å². The van der Waals surface area contributed by atoms with Gasteiger partial charge in [0.1, 0.15) is 0 Å². The van der Waals surface area contributed by atoms with Crippen LogP contribution in [0.15, 0.2) is 12.4 Å². The van der Waals surface area contributed by atoms with Crippen molar-refractivity contribution in [2.45, 2.75) is 38.5 Å². The van der Waals surface area contributed by atoms with Crippen LogP contribution in [-0.4, -0.2) is 36.1 Å². The van der Waals surface area contributed by atoms with E-state index in [1.807, 2.05) is 0 Å². The Labute approximate surface area is 152 Å². The van der Waals surface area contributed by atoms with Crippen molar-refractivity contribution in [2.75, 3.05) is 36.0 Å². The molecule has 130 valence electrons. The lowest BCUT2D eigenvalue weighted by Gasteiger charge is -2.40. The summed E-state index contributed by atoms with van der Waals surface area (Å²) in [6.07, 6.45) is 11.5. The molecule has 0 unspecified atom stereocenters. The van der Waals surface area contributed by atoms with Gasteiger partial charge in [-0.05, 0) is 60.8 Å². The molecule has 7 rings (SSSR count). The number of benzene rings is 1. The molecule has 0 saturated heterocycles. The Morgan fingerprint density at radius 2 is 1.12 bits per heavy atom. The highest BCUT2D eigenvalue weighted by Crippen LogP contribution is 2.48. The molecular weight excluding hydrogens is 320 g/mol. The second-order valence-electron chi connectivity index (χ2n) is 8.35. The van der Waals surface area contributed by atoms with Gasteiger partial charge in [0.15, 0.2) is 0 Å². The smallest absolute Gasteiger partial charge is 0.0989 e. The Kier molecular flexibility index (Phi) is 2.48. The average Bonchev–Trinajstić information content (AvgIpc) is 2.70. The maximum absolute atomic E-state index is 4.98. The van der Waals surface area contributed by atoms with E-state index in [2.05, 4.69) is 22.2 Å². The van der Waals surface area contributed by atoms with Crippen molar-refractivity contribution in [1.29, 1.82) is 0 Å². The molecule has 4 heteroatoms. The largest absolute Gasteiger partial charge is 0.370 e. The Morgan fingerprint density at radius 1 is 0.615 bits per heavy atom. The minimum absolute atomic E-state index is 1.15. The molecule has 0 saturated carbocycles.